The molecule has 1 fully saturated rings. The van der Waals surface area contributed by atoms with E-state index in [1.807, 2.05) is 0 Å². The molecule has 1 aliphatic heterocycles. The highest BCUT2D eigenvalue weighted by molar-refractivity contribution is 7.89. The number of carbonyl (C=O) groups is 1. The van der Waals surface area contributed by atoms with Crippen LogP contribution in [0.25, 0.3) is 0 Å². The number of hydrogen-bond acceptors (Lipinski definition) is 3. The van der Waals surface area contributed by atoms with Gasteiger partial charge in [0.15, 0.2) is 0 Å². The Hall–Kier alpha value is -1.54. The number of hydrogen-bond donors (Lipinski definition) is 1. The molecular formula is C11H12F2N2O3S. The van der Waals surface area contributed by atoms with Gasteiger partial charge in [0.05, 0.1) is 11.4 Å². The lowest BCUT2D eigenvalue weighted by molar-refractivity contribution is -0.120. The standard InChI is InChI=1S/C11H12F2N2O3S/c12-8-4-9(13)6-10(5-8)19(17,18)15-3-1-2-14-11(16)7-15/h4-6H,1-3,7H2,(H,14,16). The molecule has 1 saturated heterocycles. The van der Waals surface area contributed by atoms with Crippen LogP contribution in [-0.4, -0.2) is 38.3 Å². The van der Waals surface area contributed by atoms with Crippen LogP contribution in [0.1, 0.15) is 6.42 Å². The first-order valence-electron chi connectivity index (χ1n) is 5.62. The molecule has 1 heterocycles. The largest absolute Gasteiger partial charge is 0.355 e. The minimum Gasteiger partial charge on any atom is -0.355 e. The zero-order valence-corrected chi connectivity index (χ0v) is 10.7. The Labute approximate surface area is 109 Å². The maximum atomic E-state index is 13.1. The maximum absolute atomic E-state index is 13.1. The smallest absolute Gasteiger partial charge is 0.243 e. The van der Waals surface area contributed by atoms with Crippen LogP contribution in [0.5, 0.6) is 0 Å². The number of benzene rings is 1. The molecule has 0 aliphatic carbocycles. The fraction of sp³-hybridized carbons (Fsp3) is 0.364. The maximum Gasteiger partial charge on any atom is 0.243 e. The van der Waals surface area contributed by atoms with E-state index in [9.17, 15) is 22.0 Å². The molecule has 5 nitrogen and oxygen atoms in total. The van der Waals surface area contributed by atoms with Gasteiger partial charge in [-0.2, -0.15) is 4.31 Å². The second kappa shape index (κ2) is 5.22. The zero-order chi connectivity index (χ0) is 14.0. The average Bonchev–Trinajstić information content (AvgIpc) is 2.53. The minimum atomic E-state index is -4.07. The van der Waals surface area contributed by atoms with Crippen LogP contribution in [0.15, 0.2) is 23.1 Å². The van der Waals surface area contributed by atoms with E-state index < -0.39 is 32.5 Å². The van der Waals surface area contributed by atoms with Crippen molar-refractivity contribution in [3.63, 3.8) is 0 Å². The van der Waals surface area contributed by atoms with Crippen molar-refractivity contribution in [3.8, 4) is 0 Å². The average molecular weight is 290 g/mol. The van der Waals surface area contributed by atoms with E-state index >= 15 is 0 Å². The van der Waals surface area contributed by atoms with E-state index in [-0.39, 0.29) is 13.1 Å². The van der Waals surface area contributed by atoms with Gasteiger partial charge in [-0.25, -0.2) is 17.2 Å². The van der Waals surface area contributed by atoms with E-state index in [2.05, 4.69) is 5.32 Å². The van der Waals surface area contributed by atoms with Crippen LogP contribution in [0, 0.1) is 11.6 Å². The minimum absolute atomic E-state index is 0.124. The van der Waals surface area contributed by atoms with E-state index in [1.54, 1.807) is 0 Å². The summed E-state index contributed by atoms with van der Waals surface area (Å²) in [6.07, 6.45) is 0.447. The molecule has 0 spiro atoms. The summed E-state index contributed by atoms with van der Waals surface area (Å²) in [5, 5.41) is 2.53. The number of sulfonamides is 1. The highest BCUT2D eigenvalue weighted by Gasteiger charge is 2.28. The Kier molecular flexibility index (Phi) is 3.81. The van der Waals surface area contributed by atoms with Crippen LogP contribution < -0.4 is 5.32 Å². The van der Waals surface area contributed by atoms with Gasteiger partial charge in [-0.05, 0) is 18.6 Å². The van der Waals surface area contributed by atoms with Gasteiger partial charge in [-0.3, -0.25) is 4.79 Å². The van der Waals surface area contributed by atoms with Crippen molar-refractivity contribution in [2.75, 3.05) is 19.6 Å². The third-order valence-electron chi connectivity index (χ3n) is 2.70. The van der Waals surface area contributed by atoms with Crippen molar-refractivity contribution in [2.45, 2.75) is 11.3 Å². The summed E-state index contributed by atoms with van der Waals surface area (Å²) in [4.78, 5) is 10.9. The van der Waals surface area contributed by atoms with Crippen LogP contribution >= 0.6 is 0 Å². The first kappa shape index (κ1) is 13.9. The Morgan fingerprint density at radius 3 is 2.42 bits per heavy atom. The number of rotatable bonds is 2. The van der Waals surface area contributed by atoms with Gasteiger partial charge < -0.3 is 5.32 Å². The summed E-state index contributed by atoms with van der Waals surface area (Å²) in [6.45, 7) is 0.155. The highest BCUT2D eigenvalue weighted by atomic mass is 32.2. The topological polar surface area (TPSA) is 66.5 Å². The number of nitrogens with one attached hydrogen (secondary N) is 1. The van der Waals surface area contributed by atoms with Crippen molar-refractivity contribution in [1.29, 1.82) is 0 Å². The van der Waals surface area contributed by atoms with Crippen molar-refractivity contribution in [2.24, 2.45) is 0 Å². The second-order valence-corrected chi connectivity index (χ2v) is 6.09. The SMILES string of the molecule is O=C1CN(S(=O)(=O)c2cc(F)cc(F)c2)CCCN1. The first-order chi connectivity index (χ1) is 8.89. The first-order valence-corrected chi connectivity index (χ1v) is 7.06. The molecule has 0 unspecified atom stereocenters. The Balaban J connectivity index is 2.37. The lowest BCUT2D eigenvalue weighted by atomic mass is 10.3. The number of nitrogens with zero attached hydrogens (tertiary/aromatic N) is 1. The Bertz CT molecular complexity index is 584. The molecule has 8 heteroatoms. The lowest BCUT2D eigenvalue weighted by Gasteiger charge is -2.18. The van der Waals surface area contributed by atoms with Crippen molar-refractivity contribution in [3.05, 3.63) is 29.8 Å². The fourth-order valence-electron chi connectivity index (χ4n) is 1.81. The molecule has 0 atom stereocenters. The van der Waals surface area contributed by atoms with E-state index in [1.165, 1.54) is 0 Å². The van der Waals surface area contributed by atoms with Crippen LogP contribution in [0.2, 0.25) is 0 Å². The summed E-state index contributed by atoms with van der Waals surface area (Å²) in [7, 11) is -4.07. The third kappa shape index (κ3) is 3.07. The molecule has 104 valence electrons. The Morgan fingerprint density at radius 1 is 1.16 bits per heavy atom. The summed E-state index contributed by atoms with van der Waals surface area (Å²) in [6, 6.07) is 2.07. The molecule has 1 aromatic carbocycles. The van der Waals surface area contributed by atoms with Crippen LogP contribution in [0.3, 0.4) is 0 Å². The van der Waals surface area contributed by atoms with Crippen LogP contribution in [0.4, 0.5) is 8.78 Å². The van der Waals surface area contributed by atoms with Gasteiger partial charge in [-0.15, -0.1) is 0 Å². The third-order valence-corrected chi connectivity index (χ3v) is 4.52. The summed E-state index contributed by atoms with van der Waals surface area (Å²) in [5.41, 5.74) is 0. The predicted molar refractivity (Wildman–Crippen MR) is 62.7 cm³/mol. The molecule has 0 saturated carbocycles. The monoisotopic (exact) mass is 290 g/mol. The van der Waals surface area contributed by atoms with Gasteiger partial charge in [0.2, 0.25) is 15.9 Å². The summed E-state index contributed by atoms with van der Waals surface area (Å²) >= 11 is 0. The number of carbonyl (C=O) groups excluding carboxylic acids is 1. The second-order valence-electron chi connectivity index (χ2n) is 4.15. The molecule has 2 rings (SSSR count). The van der Waals surface area contributed by atoms with Crippen molar-refractivity contribution in [1.82, 2.24) is 9.62 Å². The van der Waals surface area contributed by atoms with Gasteiger partial charge >= 0.3 is 0 Å². The number of amides is 1. The Morgan fingerprint density at radius 2 is 1.79 bits per heavy atom. The molecular weight excluding hydrogens is 278 g/mol. The molecule has 0 radical (unpaired) electrons. The predicted octanol–water partition coefficient (Wildman–Crippen LogP) is 0.475. The van der Waals surface area contributed by atoms with Crippen LogP contribution in [-0.2, 0) is 14.8 Å². The quantitative estimate of drug-likeness (QED) is 0.861. The van der Waals surface area contributed by atoms with Gasteiger partial charge in [0, 0.05) is 19.2 Å². The summed E-state index contributed by atoms with van der Waals surface area (Å²) < 4.78 is 51.5. The molecule has 1 aromatic rings. The lowest BCUT2D eigenvalue weighted by Crippen LogP contribution is -2.37. The molecule has 1 N–H and O–H groups in total. The van der Waals surface area contributed by atoms with Crippen molar-refractivity contribution < 1.29 is 22.0 Å². The van der Waals surface area contributed by atoms with E-state index in [4.69, 9.17) is 0 Å². The summed E-state index contributed by atoms with van der Waals surface area (Å²) in [5.74, 6) is -2.38. The molecule has 1 aliphatic rings. The zero-order valence-electron chi connectivity index (χ0n) is 9.90. The van der Waals surface area contributed by atoms with Gasteiger partial charge in [-0.1, -0.05) is 0 Å². The molecule has 0 bridgehead atoms. The normalized spacial score (nSPS) is 17.9. The molecule has 1 amide bonds. The molecule has 19 heavy (non-hydrogen) atoms. The molecule has 0 aromatic heterocycles. The van der Waals surface area contributed by atoms with E-state index in [0.29, 0.717) is 19.0 Å². The number of halogens is 2. The van der Waals surface area contributed by atoms with Gasteiger partial charge in [0.25, 0.3) is 0 Å². The van der Waals surface area contributed by atoms with Crippen molar-refractivity contribution >= 4 is 15.9 Å². The van der Waals surface area contributed by atoms with Gasteiger partial charge in [0.1, 0.15) is 11.6 Å². The highest BCUT2D eigenvalue weighted by Crippen LogP contribution is 2.19. The van der Waals surface area contributed by atoms with E-state index in [0.717, 1.165) is 16.4 Å². The fourth-order valence-corrected chi connectivity index (χ4v) is 3.29.